The van der Waals surface area contributed by atoms with E-state index in [-0.39, 0.29) is 40.6 Å². The summed E-state index contributed by atoms with van der Waals surface area (Å²) in [5.74, 6) is -1.84. The van der Waals surface area contributed by atoms with Crippen LogP contribution < -0.4 is 13.8 Å². The van der Waals surface area contributed by atoms with Crippen LogP contribution in [0.4, 0.5) is 32.0 Å². The number of hydrogen-bond acceptors (Lipinski definition) is 6. The molecule has 3 aromatic rings. The van der Waals surface area contributed by atoms with Gasteiger partial charge in [0.15, 0.2) is 4.90 Å². The van der Waals surface area contributed by atoms with Gasteiger partial charge in [-0.2, -0.15) is 26.3 Å². The number of carbonyl (C=O) groups is 1. The predicted octanol–water partition coefficient (Wildman–Crippen LogP) is 7.16. The first-order valence-corrected chi connectivity index (χ1v) is 14.6. The third-order valence-corrected chi connectivity index (χ3v) is 8.49. The SMILES string of the molecule is CCOc1ncc(C(F)(F)F)cc1S(=O)(=O)N1C[C@H](CCC(=O)O)Oc2ccc(/C=C/c3c(Cl)cccc3C(F)(F)F)cc21. The molecule has 1 aliphatic heterocycles. The van der Waals surface area contributed by atoms with Crippen LogP contribution in [0, 0.1) is 0 Å². The summed E-state index contributed by atoms with van der Waals surface area (Å²) in [6, 6.07) is 7.60. The van der Waals surface area contributed by atoms with Gasteiger partial charge in [0.25, 0.3) is 10.0 Å². The minimum atomic E-state index is -4.94. The summed E-state index contributed by atoms with van der Waals surface area (Å²) >= 11 is 6.02. The molecule has 0 radical (unpaired) electrons. The number of anilines is 1. The van der Waals surface area contributed by atoms with Crippen LogP contribution in [0.25, 0.3) is 12.2 Å². The molecule has 0 amide bonds. The van der Waals surface area contributed by atoms with Crippen molar-refractivity contribution < 1.29 is 54.1 Å². The zero-order valence-corrected chi connectivity index (χ0v) is 24.2. The molecule has 1 N–H and O–H groups in total. The largest absolute Gasteiger partial charge is 0.486 e. The van der Waals surface area contributed by atoms with Crippen LogP contribution in [-0.4, -0.2) is 43.7 Å². The topological polar surface area (TPSA) is 106 Å². The van der Waals surface area contributed by atoms with E-state index in [0.717, 1.165) is 22.5 Å². The minimum Gasteiger partial charge on any atom is -0.486 e. The Hall–Kier alpha value is -3.98. The van der Waals surface area contributed by atoms with Gasteiger partial charge >= 0.3 is 18.3 Å². The van der Waals surface area contributed by atoms with Crippen molar-refractivity contribution >= 4 is 45.4 Å². The van der Waals surface area contributed by atoms with E-state index in [4.69, 9.17) is 26.2 Å². The molecule has 0 saturated heterocycles. The number of sulfonamides is 1. The number of hydrogen-bond donors (Lipinski definition) is 1. The molecular formula is C28H23ClF6N2O6S. The minimum absolute atomic E-state index is 0.0565. The number of carboxylic acids is 1. The van der Waals surface area contributed by atoms with Crippen molar-refractivity contribution in [3.63, 3.8) is 0 Å². The van der Waals surface area contributed by atoms with Gasteiger partial charge in [-0.1, -0.05) is 35.9 Å². The summed E-state index contributed by atoms with van der Waals surface area (Å²) in [4.78, 5) is 13.9. The van der Waals surface area contributed by atoms with E-state index in [1.54, 1.807) is 0 Å². The van der Waals surface area contributed by atoms with Crippen LogP contribution in [-0.2, 0) is 27.2 Å². The molecule has 1 aromatic heterocycles. The Morgan fingerprint density at radius 2 is 1.86 bits per heavy atom. The second-order valence-corrected chi connectivity index (χ2v) is 11.7. The summed E-state index contributed by atoms with van der Waals surface area (Å²) in [6.45, 7) is 0.850. The standard InChI is InChI=1S/C28H23ClF6N2O6S/c1-2-42-26-24(13-17(14-36-26)27(30,31)32)44(40,41)37-15-18(8-11-25(38)39)43-23-10-7-16(12-22(23)37)6-9-19-20(28(33,34)35)4-3-5-21(19)29/h3-7,9-10,12-14,18H,2,8,11,15H2,1H3,(H,38,39)/b9-6+/t18-/m0/s1. The number of aromatic nitrogens is 1. The van der Waals surface area contributed by atoms with Crippen molar-refractivity contribution in [3.8, 4) is 11.6 Å². The summed E-state index contributed by atoms with van der Waals surface area (Å²) in [7, 11) is -4.87. The summed E-state index contributed by atoms with van der Waals surface area (Å²) in [5.41, 5.74) is -2.67. The number of aliphatic carboxylic acids is 1. The zero-order valence-electron chi connectivity index (χ0n) is 22.6. The Bertz CT molecular complexity index is 1690. The van der Waals surface area contributed by atoms with Crippen molar-refractivity contribution in [3.05, 3.63) is 75.9 Å². The monoisotopic (exact) mass is 664 g/mol. The molecule has 0 fully saturated rings. The van der Waals surface area contributed by atoms with Gasteiger partial charge in [-0.05, 0) is 49.2 Å². The molecule has 236 valence electrons. The van der Waals surface area contributed by atoms with E-state index < -0.39 is 69.3 Å². The average Bonchev–Trinajstić information content (AvgIpc) is 2.94. The fraction of sp³-hybridized carbons (Fsp3) is 0.286. The third-order valence-electron chi connectivity index (χ3n) is 6.39. The number of ether oxygens (including phenoxy) is 2. The summed E-state index contributed by atoms with van der Waals surface area (Å²) in [5, 5.41) is 8.93. The first kappa shape index (κ1) is 32.9. The zero-order chi connectivity index (χ0) is 32.4. The van der Waals surface area contributed by atoms with Gasteiger partial charge in [-0.3, -0.25) is 9.10 Å². The van der Waals surface area contributed by atoms with Crippen LogP contribution >= 0.6 is 11.6 Å². The number of fused-ring (bicyclic) bond motifs is 1. The molecule has 0 unspecified atom stereocenters. The van der Waals surface area contributed by atoms with Crippen molar-refractivity contribution in [1.82, 2.24) is 4.98 Å². The van der Waals surface area contributed by atoms with Gasteiger partial charge in [0.1, 0.15) is 11.9 Å². The van der Waals surface area contributed by atoms with Gasteiger partial charge in [0, 0.05) is 23.2 Å². The van der Waals surface area contributed by atoms with Crippen LogP contribution in [0.2, 0.25) is 5.02 Å². The Balaban J connectivity index is 1.84. The lowest BCUT2D eigenvalue weighted by Crippen LogP contribution is -2.44. The molecule has 4 rings (SSSR count). The maximum absolute atomic E-state index is 14.0. The lowest BCUT2D eigenvalue weighted by atomic mass is 10.0. The first-order chi connectivity index (χ1) is 20.5. The van der Waals surface area contributed by atoms with Crippen LogP contribution in [0.1, 0.15) is 42.0 Å². The van der Waals surface area contributed by atoms with Crippen molar-refractivity contribution in [1.29, 1.82) is 0 Å². The van der Waals surface area contributed by atoms with E-state index in [1.165, 1.54) is 37.3 Å². The number of halogens is 7. The Labute approximate surface area is 252 Å². The van der Waals surface area contributed by atoms with Gasteiger partial charge in [-0.25, -0.2) is 13.4 Å². The fourth-order valence-corrected chi connectivity index (χ4v) is 6.21. The number of benzene rings is 2. The second-order valence-electron chi connectivity index (χ2n) is 9.43. The molecule has 8 nitrogen and oxygen atoms in total. The smallest absolute Gasteiger partial charge is 0.417 e. The molecular weight excluding hydrogens is 642 g/mol. The lowest BCUT2D eigenvalue weighted by Gasteiger charge is -2.35. The van der Waals surface area contributed by atoms with Crippen molar-refractivity contribution in [2.45, 2.75) is 43.1 Å². The van der Waals surface area contributed by atoms with Crippen LogP contribution in [0.3, 0.4) is 0 Å². The normalized spacial score (nSPS) is 15.6. The molecule has 2 heterocycles. The first-order valence-electron chi connectivity index (χ1n) is 12.8. The molecule has 0 saturated carbocycles. The van der Waals surface area contributed by atoms with Crippen LogP contribution in [0.5, 0.6) is 11.6 Å². The van der Waals surface area contributed by atoms with Crippen molar-refractivity contribution in [2.24, 2.45) is 0 Å². The number of pyridine rings is 1. The highest BCUT2D eigenvalue weighted by atomic mass is 35.5. The summed E-state index contributed by atoms with van der Waals surface area (Å²) in [6.07, 6.45) is -8.45. The highest BCUT2D eigenvalue weighted by molar-refractivity contribution is 7.93. The highest BCUT2D eigenvalue weighted by Crippen LogP contribution is 2.42. The van der Waals surface area contributed by atoms with E-state index >= 15 is 0 Å². The van der Waals surface area contributed by atoms with Gasteiger partial charge < -0.3 is 14.6 Å². The highest BCUT2D eigenvalue weighted by Gasteiger charge is 2.40. The molecule has 16 heteroatoms. The quantitative estimate of drug-likeness (QED) is 0.191. The van der Waals surface area contributed by atoms with E-state index in [0.29, 0.717) is 12.3 Å². The predicted molar refractivity (Wildman–Crippen MR) is 148 cm³/mol. The Morgan fingerprint density at radius 1 is 1.14 bits per heavy atom. The van der Waals surface area contributed by atoms with Crippen molar-refractivity contribution in [2.75, 3.05) is 17.5 Å². The van der Waals surface area contributed by atoms with Gasteiger partial charge in [-0.15, -0.1) is 0 Å². The Kier molecular flexibility index (Phi) is 9.40. The number of rotatable bonds is 9. The molecule has 1 atom stereocenters. The van der Waals surface area contributed by atoms with Gasteiger partial charge in [0.05, 0.1) is 30.0 Å². The summed E-state index contributed by atoms with van der Waals surface area (Å²) < 4.78 is 121. The maximum Gasteiger partial charge on any atom is 0.417 e. The number of carboxylic acid groups (broad SMARTS) is 1. The number of alkyl halides is 6. The molecule has 2 aromatic carbocycles. The molecule has 0 aliphatic carbocycles. The van der Waals surface area contributed by atoms with Crippen LogP contribution in [0.15, 0.2) is 53.6 Å². The molecule has 0 spiro atoms. The molecule has 44 heavy (non-hydrogen) atoms. The maximum atomic E-state index is 14.0. The number of nitrogens with zero attached hydrogens (tertiary/aromatic N) is 2. The third kappa shape index (κ3) is 7.21. The lowest BCUT2D eigenvalue weighted by molar-refractivity contribution is -0.138. The molecule has 0 bridgehead atoms. The second kappa shape index (κ2) is 12.6. The molecule has 1 aliphatic rings. The Morgan fingerprint density at radius 3 is 2.50 bits per heavy atom. The van der Waals surface area contributed by atoms with E-state index in [2.05, 4.69) is 4.98 Å². The van der Waals surface area contributed by atoms with E-state index in [9.17, 15) is 39.6 Å². The fourth-order valence-electron chi connectivity index (χ4n) is 4.36. The van der Waals surface area contributed by atoms with Gasteiger partial charge in [0.2, 0.25) is 5.88 Å². The van der Waals surface area contributed by atoms with E-state index in [1.807, 2.05) is 0 Å². The average molecular weight is 665 g/mol.